The minimum atomic E-state index is -0.110. The molecule has 90 valence electrons. The highest BCUT2D eigenvalue weighted by Crippen LogP contribution is 2.31. The van der Waals surface area contributed by atoms with E-state index in [1.54, 1.807) is 0 Å². The summed E-state index contributed by atoms with van der Waals surface area (Å²) in [4.78, 5) is 12.4. The van der Waals surface area contributed by atoms with E-state index in [1.165, 1.54) is 4.57 Å². The minimum absolute atomic E-state index is 0.110. The molecule has 19 heavy (non-hydrogen) atoms. The molecule has 3 heteroatoms. The third-order valence-electron chi connectivity index (χ3n) is 3.61. The van der Waals surface area contributed by atoms with Crippen LogP contribution < -0.4 is 5.49 Å². The Balaban J connectivity index is 2.23. The Labute approximate surface area is 109 Å². The van der Waals surface area contributed by atoms with Crippen LogP contribution in [-0.2, 0) is 0 Å². The van der Waals surface area contributed by atoms with Crippen molar-refractivity contribution in [2.45, 2.75) is 0 Å². The molecule has 0 unspecified atom stereocenters. The molecule has 4 rings (SSSR count). The summed E-state index contributed by atoms with van der Waals surface area (Å²) >= 11 is 0. The number of nitrogens with zero attached hydrogens (tertiary/aromatic N) is 1. The monoisotopic (exact) mass is 246 g/mol. The lowest BCUT2D eigenvalue weighted by atomic mass is 10.1. The van der Waals surface area contributed by atoms with Crippen molar-refractivity contribution in [3.63, 3.8) is 0 Å². The van der Waals surface area contributed by atoms with Gasteiger partial charge in [0.25, 0.3) is 5.91 Å². The summed E-state index contributed by atoms with van der Waals surface area (Å²) in [6.45, 7) is 0. The van der Waals surface area contributed by atoms with Gasteiger partial charge in [-0.15, -0.1) is 0 Å². The molecule has 0 saturated heterocycles. The van der Waals surface area contributed by atoms with Gasteiger partial charge in [0, 0.05) is 16.5 Å². The van der Waals surface area contributed by atoms with Crippen LogP contribution >= 0.6 is 0 Å². The Kier molecular flexibility index (Phi) is 1.85. The molecule has 1 aliphatic heterocycles. The lowest BCUT2D eigenvalue weighted by molar-refractivity contribution is 0.0964. The van der Waals surface area contributed by atoms with E-state index in [2.05, 4.69) is 0 Å². The zero-order valence-corrected chi connectivity index (χ0v) is 10.1. The van der Waals surface area contributed by atoms with E-state index in [9.17, 15) is 4.79 Å². The van der Waals surface area contributed by atoms with E-state index in [0.717, 1.165) is 22.0 Å². The first-order valence-corrected chi connectivity index (χ1v) is 6.11. The summed E-state index contributed by atoms with van der Waals surface area (Å²) in [5, 5.41) is 10.1. The Morgan fingerprint density at radius 2 is 1.58 bits per heavy atom. The Bertz CT molecular complexity index is 906. The fraction of sp³-hybridized carbons (Fsp3) is 0. The van der Waals surface area contributed by atoms with Crippen LogP contribution in [0.1, 0.15) is 10.4 Å². The van der Waals surface area contributed by atoms with Crippen LogP contribution in [0.5, 0.6) is 0 Å². The van der Waals surface area contributed by atoms with Crippen molar-refractivity contribution in [1.29, 1.82) is 5.41 Å². The molecule has 2 heterocycles. The summed E-state index contributed by atoms with van der Waals surface area (Å²) < 4.78 is 1.49. The molecule has 3 aromatic rings. The molecular formula is C16H10N2O. The van der Waals surface area contributed by atoms with Gasteiger partial charge in [0.05, 0.1) is 5.69 Å². The number of carbonyl (C=O) groups excluding carboxylic acids is 1. The van der Waals surface area contributed by atoms with Crippen LogP contribution in [0.25, 0.3) is 22.0 Å². The maximum absolute atomic E-state index is 12.4. The predicted molar refractivity (Wildman–Crippen MR) is 73.0 cm³/mol. The SMILES string of the molecule is N=c1c2ccccc2cc2n1C(=O)c1ccccc1-2. The summed E-state index contributed by atoms with van der Waals surface area (Å²) in [6.07, 6.45) is 0. The van der Waals surface area contributed by atoms with Gasteiger partial charge in [0.2, 0.25) is 0 Å². The summed E-state index contributed by atoms with van der Waals surface area (Å²) in [5.41, 5.74) is 2.65. The van der Waals surface area contributed by atoms with Crippen molar-refractivity contribution >= 4 is 16.7 Å². The molecule has 1 aliphatic rings. The zero-order chi connectivity index (χ0) is 13.0. The van der Waals surface area contributed by atoms with Crippen LogP contribution in [-0.4, -0.2) is 10.5 Å². The van der Waals surface area contributed by atoms with E-state index < -0.39 is 0 Å². The van der Waals surface area contributed by atoms with Crippen LogP contribution in [0.15, 0.2) is 54.6 Å². The molecule has 0 spiro atoms. The topological polar surface area (TPSA) is 45.9 Å². The van der Waals surface area contributed by atoms with Gasteiger partial charge in [-0.2, -0.15) is 0 Å². The van der Waals surface area contributed by atoms with Gasteiger partial charge in [-0.1, -0.05) is 42.5 Å². The first-order valence-electron chi connectivity index (χ1n) is 6.11. The Morgan fingerprint density at radius 3 is 2.42 bits per heavy atom. The molecule has 0 amide bonds. The van der Waals surface area contributed by atoms with Crippen molar-refractivity contribution in [2.24, 2.45) is 0 Å². The summed E-state index contributed by atoms with van der Waals surface area (Å²) in [5.74, 6) is -0.110. The molecule has 3 nitrogen and oxygen atoms in total. The summed E-state index contributed by atoms with van der Waals surface area (Å²) in [6, 6.07) is 17.2. The van der Waals surface area contributed by atoms with E-state index >= 15 is 0 Å². The average molecular weight is 246 g/mol. The number of hydrogen-bond acceptors (Lipinski definition) is 2. The fourth-order valence-corrected chi connectivity index (χ4v) is 2.71. The van der Waals surface area contributed by atoms with Gasteiger partial charge in [0.1, 0.15) is 5.49 Å². The van der Waals surface area contributed by atoms with E-state index in [0.29, 0.717) is 5.56 Å². The second-order valence-corrected chi connectivity index (χ2v) is 4.65. The molecule has 0 atom stereocenters. The number of nitrogens with one attached hydrogen (secondary N) is 1. The highest BCUT2D eigenvalue weighted by atomic mass is 16.2. The average Bonchev–Trinajstić information content (AvgIpc) is 2.74. The van der Waals surface area contributed by atoms with Crippen molar-refractivity contribution in [2.75, 3.05) is 0 Å². The van der Waals surface area contributed by atoms with Gasteiger partial charge in [-0.25, -0.2) is 0 Å². The molecule has 1 N–H and O–H groups in total. The summed E-state index contributed by atoms with van der Waals surface area (Å²) in [7, 11) is 0. The van der Waals surface area contributed by atoms with Gasteiger partial charge in [-0.05, 0) is 17.5 Å². The number of benzene rings is 2. The van der Waals surface area contributed by atoms with E-state index in [-0.39, 0.29) is 11.4 Å². The van der Waals surface area contributed by atoms with Gasteiger partial charge in [-0.3, -0.25) is 14.8 Å². The number of carbonyl (C=O) groups is 1. The van der Waals surface area contributed by atoms with E-state index in [4.69, 9.17) is 5.41 Å². The normalized spacial score (nSPS) is 12.5. The predicted octanol–water partition coefficient (Wildman–Crippen LogP) is 2.79. The third-order valence-corrected chi connectivity index (χ3v) is 3.61. The molecule has 0 radical (unpaired) electrons. The number of hydrogen-bond donors (Lipinski definition) is 1. The molecule has 0 fully saturated rings. The standard InChI is InChI=1S/C16H10N2O/c17-15-11-6-2-1-5-10(11)9-14-12-7-3-4-8-13(12)16(19)18(14)15/h1-9,17H. The van der Waals surface area contributed by atoms with Gasteiger partial charge in [0.15, 0.2) is 0 Å². The number of fused-ring (bicyclic) bond motifs is 4. The van der Waals surface area contributed by atoms with Crippen LogP contribution in [0.3, 0.4) is 0 Å². The molecule has 0 bridgehead atoms. The smallest absolute Gasteiger partial charge is 0.264 e. The number of pyridine rings is 1. The Morgan fingerprint density at radius 1 is 0.895 bits per heavy atom. The highest BCUT2D eigenvalue weighted by molar-refractivity contribution is 6.10. The van der Waals surface area contributed by atoms with Crippen molar-refractivity contribution in [3.05, 3.63) is 65.6 Å². The Hall–Kier alpha value is -2.68. The van der Waals surface area contributed by atoms with Crippen molar-refractivity contribution in [1.82, 2.24) is 4.57 Å². The molecule has 0 saturated carbocycles. The zero-order valence-electron chi connectivity index (χ0n) is 10.1. The fourth-order valence-electron chi connectivity index (χ4n) is 2.71. The number of rotatable bonds is 0. The molecule has 2 aromatic carbocycles. The van der Waals surface area contributed by atoms with Gasteiger partial charge < -0.3 is 0 Å². The maximum Gasteiger partial charge on any atom is 0.264 e. The first kappa shape index (κ1) is 10.3. The number of aromatic nitrogens is 1. The third kappa shape index (κ3) is 1.21. The lowest BCUT2D eigenvalue weighted by Crippen LogP contribution is -2.24. The highest BCUT2D eigenvalue weighted by Gasteiger charge is 2.26. The lowest BCUT2D eigenvalue weighted by Gasteiger charge is -2.06. The molecular weight excluding hydrogens is 236 g/mol. The van der Waals surface area contributed by atoms with Crippen LogP contribution in [0, 0.1) is 5.41 Å². The molecule has 1 aromatic heterocycles. The van der Waals surface area contributed by atoms with Crippen LogP contribution in [0.4, 0.5) is 0 Å². The quantitative estimate of drug-likeness (QED) is 0.509. The van der Waals surface area contributed by atoms with E-state index in [1.807, 2.05) is 54.6 Å². The largest absolute Gasteiger partial charge is 0.283 e. The second kappa shape index (κ2) is 3.42. The van der Waals surface area contributed by atoms with Crippen molar-refractivity contribution < 1.29 is 4.79 Å². The van der Waals surface area contributed by atoms with Gasteiger partial charge >= 0.3 is 0 Å². The first-order chi connectivity index (χ1) is 9.27. The second-order valence-electron chi connectivity index (χ2n) is 4.65. The van der Waals surface area contributed by atoms with Crippen molar-refractivity contribution in [3.8, 4) is 11.3 Å². The van der Waals surface area contributed by atoms with Crippen LogP contribution in [0.2, 0.25) is 0 Å². The molecule has 0 aliphatic carbocycles. The maximum atomic E-state index is 12.4. The minimum Gasteiger partial charge on any atom is -0.283 e.